The van der Waals surface area contributed by atoms with Crippen LogP contribution in [0.3, 0.4) is 0 Å². The van der Waals surface area contributed by atoms with E-state index in [1.165, 1.54) is 0 Å². The topological polar surface area (TPSA) is 79.0 Å². The highest BCUT2D eigenvalue weighted by Gasteiger charge is 2.30. The molecule has 0 atom stereocenters. The molecule has 0 aliphatic carbocycles. The number of benzene rings is 2. The highest BCUT2D eigenvalue weighted by atomic mass is 32.2. The molecule has 0 unspecified atom stereocenters. The van der Waals surface area contributed by atoms with Gasteiger partial charge in [-0.1, -0.05) is 31.7 Å². The maximum Gasteiger partial charge on any atom is 0.255 e. The van der Waals surface area contributed by atoms with Crippen molar-refractivity contribution >= 4 is 27.3 Å². The lowest BCUT2D eigenvalue weighted by Crippen LogP contribution is -2.34. The summed E-state index contributed by atoms with van der Waals surface area (Å²) in [5.74, 6) is 0.293. The number of carbonyl (C=O) groups excluding carboxylic acids is 1. The third-order valence-electron chi connectivity index (χ3n) is 6.68. The van der Waals surface area contributed by atoms with Gasteiger partial charge in [0.05, 0.1) is 12.8 Å². The van der Waals surface area contributed by atoms with Crippen LogP contribution in [-0.4, -0.2) is 51.9 Å². The van der Waals surface area contributed by atoms with Crippen LogP contribution in [0.15, 0.2) is 47.4 Å². The molecular formula is C26H35N3O4S. The van der Waals surface area contributed by atoms with E-state index in [1.807, 2.05) is 6.07 Å². The van der Waals surface area contributed by atoms with E-state index in [1.54, 1.807) is 47.8 Å². The number of rotatable bonds is 6. The molecule has 4 rings (SSSR count). The predicted octanol–water partition coefficient (Wildman–Crippen LogP) is 4.89. The van der Waals surface area contributed by atoms with Gasteiger partial charge in [-0.05, 0) is 56.0 Å². The molecule has 2 aliphatic heterocycles. The molecule has 0 radical (unpaired) electrons. The van der Waals surface area contributed by atoms with Gasteiger partial charge < -0.3 is 15.0 Å². The number of sulfonamides is 1. The van der Waals surface area contributed by atoms with Gasteiger partial charge in [-0.15, -0.1) is 0 Å². The Bertz CT molecular complexity index is 1090. The third kappa shape index (κ3) is 5.73. The molecule has 2 saturated heterocycles. The van der Waals surface area contributed by atoms with Crippen molar-refractivity contribution in [1.82, 2.24) is 4.31 Å². The summed E-state index contributed by atoms with van der Waals surface area (Å²) >= 11 is 0. The highest BCUT2D eigenvalue weighted by molar-refractivity contribution is 7.89. The lowest BCUT2D eigenvalue weighted by atomic mass is 10.1. The fraction of sp³-hybridized carbons (Fsp3) is 0.500. The second kappa shape index (κ2) is 11.2. The molecule has 2 heterocycles. The lowest BCUT2D eigenvalue weighted by molar-refractivity contribution is 0.102. The second-order valence-electron chi connectivity index (χ2n) is 9.09. The second-order valence-corrected chi connectivity index (χ2v) is 11.0. The minimum atomic E-state index is -3.73. The average molecular weight is 486 g/mol. The van der Waals surface area contributed by atoms with Gasteiger partial charge in [0.25, 0.3) is 5.91 Å². The number of ether oxygens (including phenoxy) is 1. The normalized spacial score (nSPS) is 18.1. The molecule has 0 saturated carbocycles. The van der Waals surface area contributed by atoms with Crippen LogP contribution in [0.25, 0.3) is 0 Å². The Balaban J connectivity index is 1.69. The van der Waals surface area contributed by atoms with Gasteiger partial charge in [-0.2, -0.15) is 4.31 Å². The van der Waals surface area contributed by atoms with Crippen LogP contribution in [0, 0.1) is 0 Å². The first-order valence-electron chi connectivity index (χ1n) is 12.3. The largest absolute Gasteiger partial charge is 0.497 e. The summed E-state index contributed by atoms with van der Waals surface area (Å²) in [5.41, 5.74) is 1.64. The number of methoxy groups -OCH3 is 1. The van der Waals surface area contributed by atoms with E-state index in [9.17, 15) is 13.2 Å². The quantitative estimate of drug-likeness (QED) is 0.630. The van der Waals surface area contributed by atoms with Crippen LogP contribution in [0.5, 0.6) is 5.75 Å². The Morgan fingerprint density at radius 1 is 0.853 bits per heavy atom. The molecule has 0 aromatic heterocycles. The van der Waals surface area contributed by atoms with Crippen molar-refractivity contribution in [3.63, 3.8) is 0 Å². The minimum Gasteiger partial charge on any atom is -0.497 e. The molecule has 0 bridgehead atoms. The van der Waals surface area contributed by atoms with E-state index in [4.69, 9.17) is 4.74 Å². The van der Waals surface area contributed by atoms with Crippen LogP contribution < -0.4 is 15.0 Å². The van der Waals surface area contributed by atoms with Crippen molar-refractivity contribution in [1.29, 1.82) is 0 Å². The van der Waals surface area contributed by atoms with E-state index < -0.39 is 10.0 Å². The molecule has 2 fully saturated rings. The number of nitrogens with zero attached hydrogens (tertiary/aromatic N) is 2. The summed E-state index contributed by atoms with van der Waals surface area (Å²) in [6, 6.07) is 12.2. The summed E-state index contributed by atoms with van der Waals surface area (Å²) in [6.45, 7) is 2.72. The number of anilines is 2. The molecule has 34 heavy (non-hydrogen) atoms. The van der Waals surface area contributed by atoms with Gasteiger partial charge in [0.1, 0.15) is 10.6 Å². The molecule has 2 aliphatic rings. The van der Waals surface area contributed by atoms with Gasteiger partial charge in [0.2, 0.25) is 10.0 Å². The third-order valence-corrected chi connectivity index (χ3v) is 8.61. The number of amides is 1. The van der Waals surface area contributed by atoms with Gasteiger partial charge in [0.15, 0.2) is 0 Å². The van der Waals surface area contributed by atoms with Gasteiger partial charge in [-0.25, -0.2) is 8.42 Å². The minimum absolute atomic E-state index is 0.245. The number of nitrogens with one attached hydrogen (secondary N) is 1. The molecule has 1 amide bonds. The predicted molar refractivity (Wildman–Crippen MR) is 135 cm³/mol. The molecule has 2 aromatic carbocycles. The first kappa shape index (κ1) is 24.5. The van der Waals surface area contributed by atoms with Crippen LogP contribution in [0.2, 0.25) is 0 Å². The van der Waals surface area contributed by atoms with Gasteiger partial charge in [-0.3, -0.25) is 4.79 Å². The van der Waals surface area contributed by atoms with Crippen molar-refractivity contribution in [2.24, 2.45) is 0 Å². The van der Waals surface area contributed by atoms with Crippen LogP contribution >= 0.6 is 0 Å². The highest BCUT2D eigenvalue weighted by Crippen LogP contribution is 2.32. The Kier molecular flexibility index (Phi) is 8.11. The molecule has 8 heteroatoms. The van der Waals surface area contributed by atoms with E-state index in [0.29, 0.717) is 35.8 Å². The lowest BCUT2D eigenvalue weighted by Gasteiger charge is -2.28. The van der Waals surface area contributed by atoms with Crippen molar-refractivity contribution in [3.05, 3.63) is 48.0 Å². The number of hydrogen-bond donors (Lipinski definition) is 1. The standard InChI is InChI=1S/C26H35N3O4S/c1-33-23-12-10-11-22(20-23)27-26(30)21-13-14-24(28-15-6-2-3-7-16-28)25(19-21)34(31,32)29-17-8-4-5-9-18-29/h10-14,19-20H,2-9,15-18H2,1H3,(H,27,30). The molecule has 184 valence electrons. The Labute approximate surface area is 203 Å². The van der Waals surface area contributed by atoms with Crippen molar-refractivity contribution in [3.8, 4) is 5.75 Å². The Morgan fingerprint density at radius 2 is 1.50 bits per heavy atom. The van der Waals surface area contributed by atoms with Crippen LogP contribution in [-0.2, 0) is 10.0 Å². The Morgan fingerprint density at radius 3 is 2.15 bits per heavy atom. The van der Waals surface area contributed by atoms with E-state index in [2.05, 4.69) is 10.2 Å². The summed E-state index contributed by atoms with van der Waals surface area (Å²) in [7, 11) is -2.15. The molecule has 0 spiro atoms. The zero-order valence-electron chi connectivity index (χ0n) is 20.0. The SMILES string of the molecule is COc1cccc(NC(=O)c2ccc(N3CCCCCC3)c(S(=O)(=O)N3CCCCCC3)c2)c1. The molecule has 1 N–H and O–H groups in total. The van der Waals surface area contributed by atoms with E-state index in [0.717, 1.165) is 64.5 Å². The van der Waals surface area contributed by atoms with E-state index in [-0.39, 0.29) is 10.8 Å². The average Bonchev–Trinajstić information content (AvgIpc) is 3.30. The van der Waals surface area contributed by atoms with E-state index >= 15 is 0 Å². The summed E-state index contributed by atoms with van der Waals surface area (Å²) in [4.78, 5) is 15.5. The first-order valence-corrected chi connectivity index (χ1v) is 13.8. The fourth-order valence-electron chi connectivity index (χ4n) is 4.76. The zero-order valence-corrected chi connectivity index (χ0v) is 20.8. The smallest absolute Gasteiger partial charge is 0.255 e. The monoisotopic (exact) mass is 485 g/mol. The van der Waals surface area contributed by atoms with Crippen molar-refractivity contribution < 1.29 is 17.9 Å². The Hall–Kier alpha value is -2.58. The molecular weight excluding hydrogens is 450 g/mol. The summed E-state index contributed by atoms with van der Waals surface area (Å²) in [5, 5.41) is 2.87. The molecule has 7 nitrogen and oxygen atoms in total. The first-order chi connectivity index (χ1) is 16.5. The van der Waals surface area contributed by atoms with Crippen molar-refractivity contribution in [2.75, 3.05) is 43.5 Å². The maximum absolute atomic E-state index is 13.9. The van der Waals surface area contributed by atoms with Gasteiger partial charge >= 0.3 is 0 Å². The summed E-state index contributed by atoms with van der Waals surface area (Å²) in [6.07, 6.45) is 8.24. The molecule has 2 aromatic rings. The zero-order chi connectivity index (χ0) is 24.0. The van der Waals surface area contributed by atoms with Gasteiger partial charge in [0, 0.05) is 43.5 Å². The van der Waals surface area contributed by atoms with Crippen LogP contribution in [0.1, 0.15) is 61.7 Å². The number of carbonyl (C=O) groups is 1. The number of hydrogen-bond acceptors (Lipinski definition) is 5. The van der Waals surface area contributed by atoms with Crippen LogP contribution in [0.4, 0.5) is 11.4 Å². The fourth-order valence-corrected chi connectivity index (χ4v) is 6.51. The van der Waals surface area contributed by atoms with Crippen molar-refractivity contribution in [2.45, 2.75) is 56.3 Å². The maximum atomic E-state index is 13.9. The summed E-state index contributed by atoms with van der Waals surface area (Å²) < 4.78 is 34.6.